The van der Waals surface area contributed by atoms with Crippen LogP contribution < -0.4 is 10.1 Å². The molecule has 0 aliphatic carbocycles. The van der Waals surface area contributed by atoms with Gasteiger partial charge in [0.2, 0.25) is 0 Å². The van der Waals surface area contributed by atoms with Crippen molar-refractivity contribution in [3.8, 4) is 5.75 Å². The number of ether oxygens (including phenoxy) is 2. The van der Waals surface area contributed by atoms with Crippen molar-refractivity contribution in [2.45, 2.75) is 38.1 Å². The Morgan fingerprint density at radius 1 is 1.30 bits per heavy atom. The Morgan fingerprint density at radius 3 is 2.80 bits per heavy atom. The second-order valence-electron chi connectivity index (χ2n) is 4.75. The Balaban J connectivity index is 1.79. The highest BCUT2D eigenvalue weighted by Gasteiger charge is 2.32. The number of benzene rings is 1. The van der Waals surface area contributed by atoms with Gasteiger partial charge in [-0.15, -0.1) is 13.2 Å². The second-order valence-corrected chi connectivity index (χ2v) is 4.75. The molecule has 1 fully saturated rings. The van der Waals surface area contributed by atoms with Gasteiger partial charge in [-0.2, -0.15) is 0 Å². The van der Waals surface area contributed by atoms with Crippen LogP contribution in [0.4, 0.5) is 18.9 Å². The zero-order valence-electron chi connectivity index (χ0n) is 11.1. The van der Waals surface area contributed by atoms with Crippen LogP contribution in [0, 0.1) is 0 Å². The normalized spacial score (nSPS) is 19.1. The summed E-state index contributed by atoms with van der Waals surface area (Å²) in [5.74, 6) is -0.197. The van der Waals surface area contributed by atoms with Crippen molar-refractivity contribution < 1.29 is 22.6 Å². The molecule has 0 saturated carbocycles. The van der Waals surface area contributed by atoms with E-state index in [0.29, 0.717) is 18.3 Å². The highest BCUT2D eigenvalue weighted by Crippen LogP contribution is 2.29. The van der Waals surface area contributed by atoms with E-state index in [1.807, 2.05) is 0 Å². The molecule has 1 aliphatic heterocycles. The van der Waals surface area contributed by atoms with Gasteiger partial charge in [-0.3, -0.25) is 0 Å². The Kier molecular flexibility index (Phi) is 5.11. The maximum Gasteiger partial charge on any atom is 0.573 e. The first-order valence-corrected chi connectivity index (χ1v) is 6.75. The Bertz CT molecular complexity index is 417. The van der Waals surface area contributed by atoms with Crippen LogP contribution in [0.5, 0.6) is 5.75 Å². The first-order valence-electron chi connectivity index (χ1n) is 6.75. The van der Waals surface area contributed by atoms with E-state index in [4.69, 9.17) is 4.74 Å². The molecule has 1 aliphatic rings. The van der Waals surface area contributed by atoms with Crippen LogP contribution in [0.15, 0.2) is 24.3 Å². The minimum absolute atomic E-state index is 0.197. The number of para-hydroxylation sites is 2. The number of halogens is 3. The first kappa shape index (κ1) is 15.0. The van der Waals surface area contributed by atoms with Crippen molar-refractivity contribution in [2.75, 3.05) is 18.5 Å². The molecule has 0 bridgehead atoms. The van der Waals surface area contributed by atoms with Crippen molar-refractivity contribution in [1.29, 1.82) is 0 Å². The maximum atomic E-state index is 12.2. The molecule has 6 heteroatoms. The number of anilines is 1. The van der Waals surface area contributed by atoms with Gasteiger partial charge in [-0.1, -0.05) is 12.1 Å². The van der Waals surface area contributed by atoms with E-state index in [0.717, 1.165) is 32.3 Å². The van der Waals surface area contributed by atoms with E-state index in [9.17, 15) is 13.2 Å². The predicted molar refractivity (Wildman–Crippen MR) is 69.8 cm³/mol. The molecular formula is C14H18F3NO2. The lowest BCUT2D eigenvalue weighted by Crippen LogP contribution is -2.18. The molecule has 1 saturated heterocycles. The van der Waals surface area contributed by atoms with Crippen LogP contribution in [0.3, 0.4) is 0 Å². The summed E-state index contributed by atoms with van der Waals surface area (Å²) in [5, 5.41) is 2.98. The number of hydrogen-bond acceptors (Lipinski definition) is 3. The van der Waals surface area contributed by atoms with E-state index < -0.39 is 6.36 Å². The molecule has 1 aromatic carbocycles. The largest absolute Gasteiger partial charge is 0.573 e. The SMILES string of the molecule is FC(F)(F)Oc1ccccc1NCCCC1CCCO1. The van der Waals surface area contributed by atoms with Crippen molar-refractivity contribution in [1.82, 2.24) is 0 Å². The van der Waals surface area contributed by atoms with Gasteiger partial charge in [0.25, 0.3) is 0 Å². The Hall–Kier alpha value is -1.43. The van der Waals surface area contributed by atoms with E-state index in [2.05, 4.69) is 10.1 Å². The molecule has 3 nitrogen and oxygen atoms in total. The molecule has 0 amide bonds. The monoisotopic (exact) mass is 289 g/mol. The summed E-state index contributed by atoms with van der Waals surface area (Å²) in [6, 6.07) is 6.06. The minimum atomic E-state index is -4.67. The highest BCUT2D eigenvalue weighted by molar-refractivity contribution is 5.56. The van der Waals surface area contributed by atoms with Crippen LogP contribution in [0.2, 0.25) is 0 Å². The predicted octanol–water partition coefficient (Wildman–Crippen LogP) is 3.96. The molecule has 1 N–H and O–H groups in total. The Labute approximate surface area is 116 Å². The van der Waals surface area contributed by atoms with Crippen LogP contribution in [0.25, 0.3) is 0 Å². The number of hydrogen-bond donors (Lipinski definition) is 1. The Morgan fingerprint density at radius 2 is 2.10 bits per heavy atom. The molecule has 20 heavy (non-hydrogen) atoms. The first-order chi connectivity index (χ1) is 9.54. The molecule has 0 spiro atoms. The lowest BCUT2D eigenvalue weighted by molar-refractivity contribution is -0.274. The average Bonchev–Trinajstić information content (AvgIpc) is 2.88. The quantitative estimate of drug-likeness (QED) is 0.804. The van der Waals surface area contributed by atoms with E-state index in [-0.39, 0.29) is 5.75 Å². The topological polar surface area (TPSA) is 30.5 Å². The number of nitrogens with one attached hydrogen (secondary N) is 1. The van der Waals surface area contributed by atoms with Gasteiger partial charge in [0, 0.05) is 13.2 Å². The van der Waals surface area contributed by atoms with Crippen LogP contribution >= 0.6 is 0 Å². The fourth-order valence-corrected chi connectivity index (χ4v) is 2.25. The fraction of sp³-hybridized carbons (Fsp3) is 0.571. The highest BCUT2D eigenvalue weighted by atomic mass is 19.4. The van der Waals surface area contributed by atoms with Crippen LogP contribution in [-0.4, -0.2) is 25.6 Å². The molecular weight excluding hydrogens is 271 g/mol. The molecule has 112 valence electrons. The summed E-state index contributed by atoms with van der Waals surface area (Å²) >= 11 is 0. The van der Waals surface area contributed by atoms with Gasteiger partial charge in [0.05, 0.1) is 11.8 Å². The molecule has 0 aromatic heterocycles. The zero-order valence-corrected chi connectivity index (χ0v) is 11.1. The van der Waals surface area contributed by atoms with Gasteiger partial charge in [-0.05, 0) is 37.8 Å². The molecule has 1 unspecified atom stereocenters. The maximum absolute atomic E-state index is 12.2. The third kappa shape index (κ3) is 4.92. The molecule has 1 heterocycles. The summed E-state index contributed by atoms with van der Waals surface area (Å²) in [7, 11) is 0. The zero-order chi connectivity index (χ0) is 14.4. The molecule has 0 radical (unpaired) electrons. The van der Waals surface area contributed by atoms with Gasteiger partial charge >= 0.3 is 6.36 Å². The average molecular weight is 289 g/mol. The van der Waals surface area contributed by atoms with Crippen molar-refractivity contribution >= 4 is 5.69 Å². The third-order valence-corrected chi connectivity index (χ3v) is 3.16. The molecule has 2 rings (SSSR count). The summed E-state index contributed by atoms with van der Waals surface area (Å²) in [4.78, 5) is 0. The van der Waals surface area contributed by atoms with E-state index in [1.54, 1.807) is 12.1 Å². The van der Waals surface area contributed by atoms with Crippen LogP contribution in [-0.2, 0) is 4.74 Å². The van der Waals surface area contributed by atoms with Crippen molar-refractivity contribution in [3.63, 3.8) is 0 Å². The smallest absolute Gasteiger partial charge is 0.404 e. The van der Waals surface area contributed by atoms with Gasteiger partial charge in [0.1, 0.15) is 0 Å². The second kappa shape index (κ2) is 6.83. The number of alkyl halides is 3. The molecule has 1 aromatic rings. The lowest BCUT2D eigenvalue weighted by atomic mass is 10.1. The van der Waals surface area contributed by atoms with Crippen LogP contribution in [0.1, 0.15) is 25.7 Å². The van der Waals surface area contributed by atoms with Gasteiger partial charge in [0.15, 0.2) is 5.75 Å². The standard InChI is InChI=1S/C14H18F3NO2/c15-14(16,17)20-13-8-2-1-7-12(13)18-9-3-5-11-6-4-10-19-11/h1-2,7-8,11,18H,3-6,9-10H2. The summed E-state index contributed by atoms with van der Waals surface area (Å²) in [5.41, 5.74) is 0.358. The number of rotatable bonds is 6. The minimum Gasteiger partial charge on any atom is -0.404 e. The lowest BCUT2D eigenvalue weighted by Gasteiger charge is -2.15. The molecule has 1 atom stereocenters. The third-order valence-electron chi connectivity index (χ3n) is 3.16. The van der Waals surface area contributed by atoms with E-state index >= 15 is 0 Å². The van der Waals surface area contributed by atoms with Crippen molar-refractivity contribution in [2.24, 2.45) is 0 Å². The van der Waals surface area contributed by atoms with Gasteiger partial charge < -0.3 is 14.8 Å². The van der Waals surface area contributed by atoms with Crippen molar-refractivity contribution in [3.05, 3.63) is 24.3 Å². The summed E-state index contributed by atoms with van der Waals surface area (Å²) in [6.45, 7) is 1.42. The fourth-order valence-electron chi connectivity index (χ4n) is 2.25. The summed E-state index contributed by atoms with van der Waals surface area (Å²) in [6.07, 6.45) is -0.414. The van der Waals surface area contributed by atoms with Gasteiger partial charge in [-0.25, -0.2) is 0 Å². The van der Waals surface area contributed by atoms with E-state index in [1.165, 1.54) is 12.1 Å². The summed E-state index contributed by atoms with van der Waals surface area (Å²) < 4.78 is 46.2.